The molecule has 4 rings (SSSR count). The van der Waals surface area contributed by atoms with Crippen LogP contribution in [-0.2, 0) is 0 Å². The maximum Gasteiger partial charge on any atom is 0.254 e. The summed E-state index contributed by atoms with van der Waals surface area (Å²) < 4.78 is 10.0. The van der Waals surface area contributed by atoms with Crippen molar-refractivity contribution in [3.63, 3.8) is 0 Å². The molecule has 0 fully saturated rings. The summed E-state index contributed by atoms with van der Waals surface area (Å²) in [5.74, 6) is -0.00949. The molecule has 2 aromatic carbocycles. The fraction of sp³-hybridized carbons (Fsp3) is 0.200. The van der Waals surface area contributed by atoms with E-state index in [-0.39, 0.29) is 23.1 Å². The lowest BCUT2D eigenvalue weighted by atomic mass is 9.99. The third kappa shape index (κ3) is 4.77. The predicted octanol–water partition coefficient (Wildman–Crippen LogP) is 6.84. The second kappa shape index (κ2) is 9.73. The van der Waals surface area contributed by atoms with Crippen LogP contribution in [0.2, 0.25) is 5.02 Å². The van der Waals surface area contributed by atoms with E-state index in [0.29, 0.717) is 21.8 Å². The number of allylic oxidation sites excluding steroid dienone is 1. The van der Waals surface area contributed by atoms with E-state index >= 15 is 0 Å². The standard InChI is InChI=1S/C25H22Cl2N2O4/c1-14(4-3-9-26)10-15-5-7-16(8-6-15)17-11-18-20(12-19(17)27)28-25(31)23(18)24(30)21-13-22(32-2)29-33-21/h5-8,10-13,28,31H,3-4,9H2,1-2H3. The first-order chi connectivity index (χ1) is 15.9. The van der Waals surface area contributed by atoms with Crippen LogP contribution in [0.15, 0.2) is 52.6 Å². The zero-order valence-electron chi connectivity index (χ0n) is 18.1. The third-order valence-electron chi connectivity index (χ3n) is 5.35. The van der Waals surface area contributed by atoms with Gasteiger partial charge < -0.3 is 19.4 Å². The van der Waals surface area contributed by atoms with Gasteiger partial charge in [0.1, 0.15) is 0 Å². The Bertz CT molecular complexity index is 1340. The van der Waals surface area contributed by atoms with E-state index in [0.717, 1.165) is 29.5 Å². The number of carbonyl (C=O) groups is 1. The number of carbonyl (C=O) groups excluding carboxylic acids is 1. The number of benzene rings is 2. The fourth-order valence-electron chi connectivity index (χ4n) is 3.70. The SMILES string of the molecule is COc1cc(C(=O)c2c(O)[nH]c3cc(Cl)c(-c4ccc(C=C(C)CCCCl)cc4)cc23)on1. The normalized spacial score (nSPS) is 11.8. The molecular formula is C25H22Cl2N2O4. The second-order valence-corrected chi connectivity index (χ2v) is 8.48. The molecule has 2 aromatic heterocycles. The van der Waals surface area contributed by atoms with E-state index in [1.807, 2.05) is 24.3 Å². The van der Waals surface area contributed by atoms with Crippen LogP contribution in [0.4, 0.5) is 0 Å². The number of nitrogens with zero attached hydrogens (tertiary/aromatic N) is 1. The minimum absolute atomic E-state index is 0.0415. The van der Waals surface area contributed by atoms with Crippen LogP contribution in [0.5, 0.6) is 11.8 Å². The van der Waals surface area contributed by atoms with Crippen molar-refractivity contribution < 1.29 is 19.2 Å². The van der Waals surface area contributed by atoms with Gasteiger partial charge in [-0.05, 0) is 48.2 Å². The van der Waals surface area contributed by atoms with Gasteiger partial charge in [0.25, 0.3) is 5.88 Å². The first-order valence-corrected chi connectivity index (χ1v) is 11.3. The van der Waals surface area contributed by atoms with E-state index in [2.05, 4.69) is 23.1 Å². The fourth-order valence-corrected chi connectivity index (χ4v) is 4.11. The van der Waals surface area contributed by atoms with Gasteiger partial charge >= 0.3 is 0 Å². The van der Waals surface area contributed by atoms with Crippen molar-refractivity contribution in [3.05, 3.63) is 69.9 Å². The van der Waals surface area contributed by atoms with Gasteiger partial charge in [0.15, 0.2) is 0 Å². The van der Waals surface area contributed by atoms with Gasteiger partial charge in [-0.25, -0.2) is 0 Å². The van der Waals surface area contributed by atoms with Crippen LogP contribution in [0, 0.1) is 0 Å². The van der Waals surface area contributed by atoms with Gasteiger partial charge in [-0.1, -0.05) is 47.5 Å². The summed E-state index contributed by atoms with van der Waals surface area (Å²) >= 11 is 12.3. The van der Waals surface area contributed by atoms with Gasteiger partial charge in [-0.3, -0.25) is 4.79 Å². The average Bonchev–Trinajstić information content (AvgIpc) is 3.41. The summed E-state index contributed by atoms with van der Waals surface area (Å²) in [6.45, 7) is 2.09. The number of aromatic nitrogens is 2. The molecular weight excluding hydrogens is 463 g/mol. The van der Waals surface area contributed by atoms with Crippen LogP contribution >= 0.6 is 23.2 Å². The van der Waals surface area contributed by atoms with Crippen LogP contribution in [0.3, 0.4) is 0 Å². The molecule has 0 saturated carbocycles. The molecule has 0 aliphatic heterocycles. The molecule has 0 saturated heterocycles. The Kier molecular flexibility index (Phi) is 6.77. The zero-order chi connectivity index (χ0) is 23.5. The van der Waals surface area contributed by atoms with Crippen LogP contribution in [0.1, 0.15) is 41.4 Å². The molecule has 0 spiro atoms. The second-order valence-electron chi connectivity index (χ2n) is 7.69. The number of aromatic amines is 1. The molecule has 4 aromatic rings. The zero-order valence-corrected chi connectivity index (χ0v) is 19.6. The van der Waals surface area contributed by atoms with E-state index in [4.69, 9.17) is 32.5 Å². The highest BCUT2D eigenvalue weighted by atomic mass is 35.5. The first-order valence-electron chi connectivity index (χ1n) is 10.3. The number of aromatic hydroxyl groups is 1. The number of ketones is 1. The van der Waals surface area contributed by atoms with Crippen molar-refractivity contribution in [1.82, 2.24) is 10.1 Å². The van der Waals surface area contributed by atoms with Gasteiger partial charge in [0, 0.05) is 16.8 Å². The molecule has 0 aliphatic carbocycles. The Hall–Kier alpha value is -3.22. The van der Waals surface area contributed by atoms with Gasteiger partial charge in [-0.15, -0.1) is 11.6 Å². The minimum atomic E-state index is -0.518. The summed E-state index contributed by atoms with van der Waals surface area (Å²) in [4.78, 5) is 15.8. The van der Waals surface area contributed by atoms with Crippen molar-refractivity contribution in [2.75, 3.05) is 13.0 Å². The van der Waals surface area contributed by atoms with Crippen LogP contribution < -0.4 is 4.74 Å². The summed E-state index contributed by atoms with van der Waals surface area (Å²) in [5, 5.41) is 15.1. The molecule has 8 heteroatoms. The van der Waals surface area contributed by atoms with E-state index in [1.165, 1.54) is 18.7 Å². The van der Waals surface area contributed by atoms with Crippen molar-refractivity contribution in [2.45, 2.75) is 19.8 Å². The van der Waals surface area contributed by atoms with E-state index in [1.54, 1.807) is 12.1 Å². The average molecular weight is 485 g/mol. The molecule has 0 amide bonds. The van der Waals surface area contributed by atoms with Crippen LogP contribution in [-0.4, -0.2) is 34.0 Å². The molecule has 2 heterocycles. The smallest absolute Gasteiger partial charge is 0.254 e. The molecule has 0 atom stereocenters. The molecule has 0 aliphatic rings. The highest BCUT2D eigenvalue weighted by molar-refractivity contribution is 6.34. The van der Waals surface area contributed by atoms with E-state index < -0.39 is 5.78 Å². The van der Waals surface area contributed by atoms with Gasteiger partial charge in [0.2, 0.25) is 17.4 Å². The van der Waals surface area contributed by atoms with Crippen molar-refractivity contribution >= 4 is 46.0 Å². The van der Waals surface area contributed by atoms with Crippen LogP contribution in [0.25, 0.3) is 28.1 Å². The number of halogens is 2. The van der Waals surface area contributed by atoms with Gasteiger partial charge in [-0.2, -0.15) is 0 Å². The summed E-state index contributed by atoms with van der Waals surface area (Å²) in [5.41, 5.74) is 4.58. The number of rotatable bonds is 8. The number of fused-ring (bicyclic) bond motifs is 1. The number of alkyl halides is 1. The number of hydrogen-bond donors (Lipinski definition) is 2. The third-order valence-corrected chi connectivity index (χ3v) is 5.93. The monoisotopic (exact) mass is 484 g/mol. The Balaban J connectivity index is 1.71. The highest BCUT2D eigenvalue weighted by Gasteiger charge is 2.25. The number of hydrogen-bond acceptors (Lipinski definition) is 5. The maximum absolute atomic E-state index is 13.0. The lowest BCUT2D eigenvalue weighted by molar-refractivity contribution is 0.0999. The maximum atomic E-state index is 13.0. The van der Waals surface area contributed by atoms with E-state index in [9.17, 15) is 9.90 Å². The number of ether oxygens (including phenoxy) is 1. The number of H-pyrrole nitrogens is 1. The number of methoxy groups -OCH3 is 1. The highest BCUT2D eigenvalue weighted by Crippen LogP contribution is 2.37. The number of nitrogens with one attached hydrogen (secondary N) is 1. The Morgan fingerprint density at radius 1 is 1.24 bits per heavy atom. The van der Waals surface area contributed by atoms with Gasteiger partial charge in [0.05, 0.1) is 29.3 Å². The molecule has 0 unspecified atom stereocenters. The molecule has 33 heavy (non-hydrogen) atoms. The summed E-state index contributed by atoms with van der Waals surface area (Å²) in [7, 11) is 1.42. The van der Waals surface area contributed by atoms with Crippen molar-refractivity contribution in [2.24, 2.45) is 0 Å². The summed E-state index contributed by atoms with van der Waals surface area (Å²) in [6.07, 6.45) is 4.04. The molecule has 170 valence electrons. The lowest BCUT2D eigenvalue weighted by Crippen LogP contribution is -1.99. The molecule has 6 nitrogen and oxygen atoms in total. The molecule has 0 bridgehead atoms. The Morgan fingerprint density at radius 3 is 2.67 bits per heavy atom. The first kappa shape index (κ1) is 23.0. The predicted molar refractivity (Wildman–Crippen MR) is 131 cm³/mol. The molecule has 0 radical (unpaired) electrons. The van der Waals surface area contributed by atoms with Crippen molar-refractivity contribution in [3.8, 4) is 22.9 Å². The summed E-state index contributed by atoms with van der Waals surface area (Å²) in [6, 6.07) is 12.8. The quantitative estimate of drug-likeness (QED) is 0.211. The molecule has 2 N–H and O–H groups in total. The topological polar surface area (TPSA) is 88.4 Å². The Labute approximate surface area is 200 Å². The Morgan fingerprint density at radius 2 is 2.00 bits per heavy atom. The lowest BCUT2D eigenvalue weighted by Gasteiger charge is -2.07. The minimum Gasteiger partial charge on any atom is -0.494 e. The van der Waals surface area contributed by atoms with Crippen molar-refractivity contribution in [1.29, 1.82) is 0 Å². The largest absolute Gasteiger partial charge is 0.494 e.